The largest absolute Gasteiger partial charge is 0.492 e. The van der Waals surface area contributed by atoms with Gasteiger partial charge in [-0.3, -0.25) is 0 Å². The SMILES string of the molecule is CCOc1ccccc1Nc1ccc(C#N)cn1. The number of nitrogens with one attached hydrogen (secondary N) is 1. The van der Waals surface area contributed by atoms with E-state index in [1.807, 2.05) is 37.3 Å². The van der Waals surface area contributed by atoms with E-state index in [9.17, 15) is 0 Å². The van der Waals surface area contributed by atoms with E-state index >= 15 is 0 Å². The molecule has 0 saturated heterocycles. The molecule has 0 atom stereocenters. The first-order chi connectivity index (χ1) is 8.83. The molecule has 0 fully saturated rings. The second-order valence-corrected chi connectivity index (χ2v) is 3.60. The average molecular weight is 239 g/mol. The van der Waals surface area contributed by atoms with E-state index in [0.717, 1.165) is 11.4 Å². The Morgan fingerprint density at radius 3 is 2.78 bits per heavy atom. The van der Waals surface area contributed by atoms with Gasteiger partial charge in [-0.15, -0.1) is 0 Å². The molecular weight excluding hydrogens is 226 g/mol. The van der Waals surface area contributed by atoms with E-state index in [-0.39, 0.29) is 0 Å². The van der Waals surface area contributed by atoms with Crippen molar-refractivity contribution in [1.82, 2.24) is 4.98 Å². The lowest BCUT2D eigenvalue weighted by atomic mass is 10.2. The topological polar surface area (TPSA) is 57.9 Å². The van der Waals surface area contributed by atoms with Crippen molar-refractivity contribution in [2.75, 3.05) is 11.9 Å². The van der Waals surface area contributed by atoms with Crippen LogP contribution in [0.4, 0.5) is 11.5 Å². The van der Waals surface area contributed by atoms with Crippen molar-refractivity contribution in [1.29, 1.82) is 5.26 Å². The highest BCUT2D eigenvalue weighted by atomic mass is 16.5. The Hall–Kier alpha value is -2.54. The molecule has 2 aromatic rings. The predicted octanol–water partition coefficient (Wildman–Crippen LogP) is 3.10. The van der Waals surface area contributed by atoms with E-state index in [1.165, 1.54) is 6.20 Å². The number of anilines is 2. The first kappa shape index (κ1) is 11.9. The highest BCUT2D eigenvalue weighted by molar-refractivity contribution is 5.64. The Kier molecular flexibility index (Phi) is 3.77. The summed E-state index contributed by atoms with van der Waals surface area (Å²) < 4.78 is 5.51. The van der Waals surface area contributed by atoms with Crippen LogP contribution in [0.1, 0.15) is 12.5 Å². The van der Waals surface area contributed by atoms with Crippen LogP contribution < -0.4 is 10.1 Å². The number of hydrogen-bond acceptors (Lipinski definition) is 4. The van der Waals surface area contributed by atoms with Crippen molar-refractivity contribution < 1.29 is 4.74 Å². The molecule has 4 nitrogen and oxygen atoms in total. The zero-order chi connectivity index (χ0) is 12.8. The van der Waals surface area contributed by atoms with E-state index < -0.39 is 0 Å². The van der Waals surface area contributed by atoms with Gasteiger partial charge in [0.25, 0.3) is 0 Å². The third-order valence-electron chi connectivity index (χ3n) is 2.34. The highest BCUT2D eigenvalue weighted by Crippen LogP contribution is 2.26. The molecule has 1 aromatic carbocycles. The molecule has 0 radical (unpaired) electrons. The lowest BCUT2D eigenvalue weighted by molar-refractivity contribution is 0.342. The van der Waals surface area contributed by atoms with Crippen molar-refractivity contribution >= 4 is 11.5 Å². The summed E-state index contributed by atoms with van der Waals surface area (Å²) in [5, 5.41) is 11.9. The molecule has 4 heteroatoms. The maximum absolute atomic E-state index is 8.70. The molecule has 90 valence electrons. The summed E-state index contributed by atoms with van der Waals surface area (Å²) in [5.41, 5.74) is 1.40. The van der Waals surface area contributed by atoms with Crippen LogP contribution in [0.25, 0.3) is 0 Å². The Bertz CT molecular complexity index is 558. The van der Waals surface area contributed by atoms with Crippen LogP contribution in [0.5, 0.6) is 5.75 Å². The minimum Gasteiger partial charge on any atom is -0.492 e. The Labute approximate surface area is 106 Å². The number of aromatic nitrogens is 1. The molecular formula is C14H13N3O. The fraction of sp³-hybridized carbons (Fsp3) is 0.143. The number of hydrogen-bond donors (Lipinski definition) is 1. The average Bonchev–Trinajstić information content (AvgIpc) is 2.42. The van der Waals surface area contributed by atoms with Gasteiger partial charge in [0.05, 0.1) is 17.9 Å². The summed E-state index contributed by atoms with van der Waals surface area (Å²) in [5.74, 6) is 1.47. The predicted molar refractivity (Wildman–Crippen MR) is 69.8 cm³/mol. The Morgan fingerprint density at radius 2 is 2.11 bits per heavy atom. The Morgan fingerprint density at radius 1 is 1.28 bits per heavy atom. The molecule has 0 unspecified atom stereocenters. The monoisotopic (exact) mass is 239 g/mol. The van der Waals surface area contributed by atoms with Crippen molar-refractivity contribution in [3.8, 4) is 11.8 Å². The van der Waals surface area contributed by atoms with Gasteiger partial charge in [0, 0.05) is 6.20 Å². The highest BCUT2D eigenvalue weighted by Gasteiger charge is 2.03. The van der Waals surface area contributed by atoms with Crippen LogP contribution in [0.3, 0.4) is 0 Å². The number of ether oxygens (including phenoxy) is 1. The first-order valence-corrected chi connectivity index (χ1v) is 5.68. The first-order valence-electron chi connectivity index (χ1n) is 5.68. The van der Waals surface area contributed by atoms with Crippen LogP contribution in [-0.4, -0.2) is 11.6 Å². The molecule has 0 bridgehead atoms. The molecule has 1 N–H and O–H groups in total. The molecule has 0 spiro atoms. The molecule has 0 aliphatic heterocycles. The minimum atomic E-state index is 0.540. The van der Waals surface area contributed by atoms with Gasteiger partial charge in [0.15, 0.2) is 0 Å². The number of nitriles is 1. The summed E-state index contributed by atoms with van der Waals surface area (Å²) in [6.45, 7) is 2.55. The van der Waals surface area contributed by atoms with Crippen LogP contribution in [0, 0.1) is 11.3 Å². The molecule has 1 aromatic heterocycles. The maximum atomic E-state index is 8.70. The van der Waals surface area contributed by atoms with Gasteiger partial charge in [-0.25, -0.2) is 4.98 Å². The molecule has 18 heavy (non-hydrogen) atoms. The molecule has 0 saturated carbocycles. The van der Waals surface area contributed by atoms with Crippen LogP contribution in [-0.2, 0) is 0 Å². The van der Waals surface area contributed by atoms with E-state index in [4.69, 9.17) is 10.00 Å². The quantitative estimate of drug-likeness (QED) is 0.890. The molecule has 0 amide bonds. The van der Waals surface area contributed by atoms with Gasteiger partial charge in [0.1, 0.15) is 17.6 Å². The van der Waals surface area contributed by atoms with E-state index in [2.05, 4.69) is 10.3 Å². The molecule has 0 aliphatic rings. The molecule has 2 rings (SSSR count). The number of nitrogens with zero attached hydrogens (tertiary/aromatic N) is 2. The smallest absolute Gasteiger partial charge is 0.142 e. The Balaban J connectivity index is 2.20. The third kappa shape index (κ3) is 2.77. The second kappa shape index (κ2) is 5.69. The van der Waals surface area contributed by atoms with Gasteiger partial charge < -0.3 is 10.1 Å². The zero-order valence-electron chi connectivity index (χ0n) is 10.1. The second-order valence-electron chi connectivity index (χ2n) is 3.60. The summed E-state index contributed by atoms with van der Waals surface area (Å²) in [6, 6.07) is 13.2. The fourth-order valence-electron chi connectivity index (χ4n) is 1.52. The van der Waals surface area contributed by atoms with Crippen LogP contribution >= 0.6 is 0 Å². The van der Waals surface area contributed by atoms with Gasteiger partial charge in [0.2, 0.25) is 0 Å². The molecule has 1 heterocycles. The number of benzene rings is 1. The lowest BCUT2D eigenvalue weighted by Gasteiger charge is -2.11. The van der Waals surface area contributed by atoms with Gasteiger partial charge in [-0.05, 0) is 31.2 Å². The van der Waals surface area contributed by atoms with Crippen molar-refractivity contribution in [3.63, 3.8) is 0 Å². The van der Waals surface area contributed by atoms with E-state index in [1.54, 1.807) is 12.1 Å². The number of pyridine rings is 1. The summed E-state index contributed by atoms with van der Waals surface area (Å²) in [7, 11) is 0. The van der Waals surface area contributed by atoms with Crippen LogP contribution in [0.15, 0.2) is 42.6 Å². The van der Waals surface area contributed by atoms with Gasteiger partial charge in [-0.1, -0.05) is 12.1 Å². The number of rotatable bonds is 4. The summed E-state index contributed by atoms with van der Waals surface area (Å²) >= 11 is 0. The molecule has 0 aliphatic carbocycles. The van der Waals surface area contributed by atoms with E-state index in [0.29, 0.717) is 18.0 Å². The lowest BCUT2D eigenvalue weighted by Crippen LogP contribution is -1.98. The van der Waals surface area contributed by atoms with Crippen molar-refractivity contribution in [2.45, 2.75) is 6.92 Å². The fourth-order valence-corrected chi connectivity index (χ4v) is 1.52. The van der Waals surface area contributed by atoms with Gasteiger partial charge >= 0.3 is 0 Å². The third-order valence-corrected chi connectivity index (χ3v) is 2.34. The normalized spacial score (nSPS) is 9.56. The maximum Gasteiger partial charge on any atom is 0.142 e. The zero-order valence-corrected chi connectivity index (χ0v) is 10.1. The number of para-hydroxylation sites is 2. The van der Waals surface area contributed by atoms with Crippen molar-refractivity contribution in [2.24, 2.45) is 0 Å². The van der Waals surface area contributed by atoms with Gasteiger partial charge in [-0.2, -0.15) is 5.26 Å². The van der Waals surface area contributed by atoms with Crippen LogP contribution in [0.2, 0.25) is 0 Å². The standard InChI is InChI=1S/C14H13N3O/c1-2-18-13-6-4-3-5-12(13)17-14-8-7-11(9-15)10-16-14/h3-8,10H,2H2,1H3,(H,16,17). The minimum absolute atomic E-state index is 0.540. The summed E-state index contributed by atoms with van der Waals surface area (Å²) in [6.07, 6.45) is 1.53. The summed E-state index contributed by atoms with van der Waals surface area (Å²) in [4.78, 5) is 4.16. The van der Waals surface area contributed by atoms with Crippen molar-refractivity contribution in [3.05, 3.63) is 48.2 Å².